The van der Waals surface area contributed by atoms with E-state index in [0.717, 1.165) is 17.1 Å². The Morgan fingerprint density at radius 3 is 1.84 bits per heavy atom. The molecule has 1 aliphatic heterocycles. The predicted molar refractivity (Wildman–Crippen MR) is 99.4 cm³/mol. The van der Waals surface area contributed by atoms with Gasteiger partial charge in [-0.2, -0.15) is 5.12 Å². The summed E-state index contributed by atoms with van der Waals surface area (Å²) in [6.07, 6.45) is 0. The van der Waals surface area contributed by atoms with Crippen LogP contribution in [0.15, 0.2) is 106 Å². The van der Waals surface area contributed by atoms with Crippen LogP contribution in [0.25, 0.3) is 0 Å². The van der Waals surface area contributed by atoms with Gasteiger partial charge in [-0.15, -0.1) is 20.9 Å². The zero-order valence-corrected chi connectivity index (χ0v) is 13.4. The molecule has 0 unspecified atom stereocenters. The minimum Gasteiger partial charge on any atom is -0.221 e. The molecule has 6 heteroatoms. The molecule has 0 saturated carbocycles. The fourth-order valence-electron chi connectivity index (χ4n) is 2.39. The van der Waals surface area contributed by atoms with Gasteiger partial charge < -0.3 is 0 Å². The van der Waals surface area contributed by atoms with E-state index in [1.165, 1.54) is 0 Å². The van der Waals surface area contributed by atoms with Crippen molar-refractivity contribution in [3.05, 3.63) is 91.0 Å². The molecule has 0 amide bonds. The van der Waals surface area contributed by atoms with Crippen LogP contribution in [0.4, 0.5) is 17.1 Å². The largest absolute Gasteiger partial charge is 0.284 e. The zero-order chi connectivity index (χ0) is 16.9. The summed E-state index contributed by atoms with van der Waals surface area (Å²) in [6, 6.07) is 29.3. The summed E-state index contributed by atoms with van der Waals surface area (Å²) in [7, 11) is 0. The van der Waals surface area contributed by atoms with Crippen molar-refractivity contribution in [2.24, 2.45) is 15.3 Å². The average Bonchev–Trinajstić information content (AvgIpc) is 3.13. The molecular formula is C19H16N6. The van der Waals surface area contributed by atoms with Crippen molar-refractivity contribution >= 4 is 23.0 Å². The van der Waals surface area contributed by atoms with Crippen LogP contribution in [0.1, 0.15) is 0 Å². The Morgan fingerprint density at radius 2 is 1.20 bits per heavy atom. The van der Waals surface area contributed by atoms with Crippen molar-refractivity contribution < 1.29 is 0 Å². The molecule has 0 fully saturated rings. The van der Waals surface area contributed by atoms with Crippen molar-refractivity contribution in [1.82, 2.24) is 5.53 Å². The van der Waals surface area contributed by atoms with Crippen LogP contribution < -0.4 is 15.7 Å². The average molecular weight is 328 g/mol. The van der Waals surface area contributed by atoms with Crippen LogP contribution in [0.5, 0.6) is 0 Å². The maximum atomic E-state index is 4.54. The first-order valence-corrected chi connectivity index (χ1v) is 7.92. The maximum Gasteiger partial charge on any atom is 0.284 e. The lowest BCUT2D eigenvalue weighted by molar-refractivity contribution is 0.718. The number of guanidine groups is 1. The Bertz CT molecular complexity index is 878. The van der Waals surface area contributed by atoms with Gasteiger partial charge in [-0.25, -0.2) is 5.01 Å². The van der Waals surface area contributed by atoms with E-state index in [1.807, 2.05) is 91.0 Å². The fraction of sp³-hybridized carbons (Fsp3) is 0. The number of hydrogen-bond acceptors (Lipinski definition) is 6. The molecular weight excluding hydrogens is 312 g/mol. The molecule has 3 aromatic rings. The third kappa shape index (κ3) is 3.39. The number of azo groups is 1. The molecule has 0 saturated heterocycles. The highest BCUT2D eigenvalue weighted by atomic mass is 15.9. The minimum absolute atomic E-state index is 0.457. The number of rotatable bonds is 3. The Morgan fingerprint density at radius 1 is 0.640 bits per heavy atom. The van der Waals surface area contributed by atoms with Crippen molar-refractivity contribution in [2.75, 3.05) is 10.1 Å². The van der Waals surface area contributed by atoms with Crippen molar-refractivity contribution in [1.29, 1.82) is 0 Å². The predicted octanol–water partition coefficient (Wildman–Crippen LogP) is 4.49. The lowest BCUT2D eigenvalue weighted by Crippen LogP contribution is -2.42. The molecule has 3 aromatic carbocycles. The van der Waals surface area contributed by atoms with E-state index in [1.54, 1.807) is 10.1 Å². The van der Waals surface area contributed by atoms with Gasteiger partial charge in [0.15, 0.2) is 0 Å². The minimum atomic E-state index is 0.457. The van der Waals surface area contributed by atoms with Crippen molar-refractivity contribution in [2.45, 2.75) is 0 Å². The first-order chi connectivity index (χ1) is 12.4. The van der Waals surface area contributed by atoms with Crippen molar-refractivity contribution in [3.63, 3.8) is 0 Å². The second-order valence-electron chi connectivity index (χ2n) is 5.35. The molecule has 1 aliphatic rings. The number of hydrazine groups is 2. The maximum absolute atomic E-state index is 4.54. The van der Waals surface area contributed by atoms with Gasteiger partial charge >= 0.3 is 0 Å². The number of nitrogens with zero attached hydrogens (tertiary/aromatic N) is 5. The molecule has 1 N–H and O–H groups in total. The SMILES string of the molecule is c1ccc(N=NC2=NN(c3ccccc3)NN2c2ccccc2)cc1. The highest BCUT2D eigenvalue weighted by Crippen LogP contribution is 2.22. The number of para-hydroxylation sites is 2. The zero-order valence-electron chi connectivity index (χ0n) is 13.4. The van der Waals surface area contributed by atoms with Gasteiger partial charge in [0.2, 0.25) is 0 Å². The van der Waals surface area contributed by atoms with Crippen LogP contribution >= 0.6 is 0 Å². The molecule has 25 heavy (non-hydrogen) atoms. The summed E-state index contributed by atoms with van der Waals surface area (Å²) in [5.41, 5.74) is 5.83. The molecule has 0 atom stereocenters. The van der Waals surface area contributed by atoms with Gasteiger partial charge in [-0.1, -0.05) is 54.6 Å². The van der Waals surface area contributed by atoms with Gasteiger partial charge in [0.05, 0.1) is 17.1 Å². The molecule has 0 spiro atoms. The van der Waals surface area contributed by atoms with Gasteiger partial charge in [0.25, 0.3) is 5.96 Å². The summed E-state index contributed by atoms with van der Waals surface area (Å²) >= 11 is 0. The highest BCUT2D eigenvalue weighted by molar-refractivity contribution is 5.98. The monoisotopic (exact) mass is 328 g/mol. The lowest BCUT2D eigenvalue weighted by Gasteiger charge is -2.20. The molecule has 1 heterocycles. The van der Waals surface area contributed by atoms with E-state index in [2.05, 4.69) is 20.9 Å². The highest BCUT2D eigenvalue weighted by Gasteiger charge is 2.25. The number of anilines is 2. The fourth-order valence-corrected chi connectivity index (χ4v) is 2.39. The van der Waals surface area contributed by atoms with Crippen LogP contribution in [-0.2, 0) is 0 Å². The summed E-state index contributed by atoms with van der Waals surface area (Å²) in [5.74, 6) is 0.457. The third-order valence-electron chi connectivity index (χ3n) is 3.61. The first-order valence-electron chi connectivity index (χ1n) is 7.92. The summed E-state index contributed by atoms with van der Waals surface area (Å²) in [6.45, 7) is 0. The molecule has 0 radical (unpaired) electrons. The first kappa shape index (κ1) is 15.0. The van der Waals surface area contributed by atoms with Crippen LogP contribution in [0, 0.1) is 0 Å². The van der Waals surface area contributed by atoms with E-state index in [4.69, 9.17) is 0 Å². The standard InChI is InChI=1S/C19H16N6/c1-4-10-16(11-5-1)20-21-19-22-25(18-14-8-3-9-15-18)23-24(19)17-12-6-2-7-13-17/h1-15,23H. The van der Waals surface area contributed by atoms with E-state index >= 15 is 0 Å². The smallest absolute Gasteiger partial charge is 0.221 e. The van der Waals surface area contributed by atoms with E-state index in [-0.39, 0.29) is 0 Å². The van der Waals surface area contributed by atoms with Crippen LogP contribution in [0.3, 0.4) is 0 Å². The quantitative estimate of drug-likeness (QED) is 0.721. The molecule has 0 aromatic heterocycles. The van der Waals surface area contributed by atoms with Gasteiger partial charge in [0.1, 0.15) is 0 Å². The Labute approximate surface area is 145 Å². The van der Waals surface area contributed by atoms with E-state index < -0.39 is 0 Å². The molecule has 4 rings (SSSR count). The topological polar surface area (TPSA) is 55.6 Å². The molecule has 6 nitrogen and oxygen atoms in total. The van der Waals surface area contributed by atoms with Gasteiger partial charge in [-0.3, -0.25) is 0 Å². The summed E-state index contributed by atoms with van der Waals surface area (Å²) < 4.78 is 0. The Hall–Kier alpha value is -3.51. The number of benzene rings is 3. The van der Waals surface area contributed by atoms with Crippen molar-refractivity contribution in [3.8, 4) is 0 Å². The summed E-state index contributed by atoms with van der Waals surface area (Å²) in [4.78, 5) is 0. The molecule has 122 valence electrons. The Balaban J connectivity index is 1.66. The lowest BCUT2D eigenvalue weighted by atomic mass is 10.3. The van der Waals surface area contributed by atoms with Crippen LogP contribution in [0.2, 0.25) is 0 Å². The van der Waals surface area contributed by atoms with E-state index in [9.17, 15) is 0 Å². The van der Waals surface area contributed by atoms with E-state index in [0.29, 0.717) is 5.96 Å². The number of hydrazone groups is 1. The number of nitrogens with one attached hydrogen (secondary N) is 1. The molecule has 0 aliphatic carbocycles. The second kappa shape index (κ2) is 6.94. The molecule has 0 bridgehead atoms. The second-order valence-corrected chi connectivity index (χ2v) is 5.35. The number of hydrogen-bond donors (Lipinski definition) is 1. The summed E-state index contributed by atoms with van der Waals surface area (Å²) in [5, 5.41) is 16.6. The van der Waals surface area contributed by atoms with Gasteiger partial charge in [-0.05, 0) is 36.4 Å². The van der Waals surface area contributed by atoms with Gasteiger partial charge in [0, 0.05) is 0 Å². The Kier molecular flexibility index (Phi) is 4.18. The van der Waals surface area contributed by atoms with Crippen LogP contribution in [-0.4, -0.2) is 5.96 Å². The third-order valence-corrected chi connectivity index (χ3v) is 3.61. The normalized spacial score (nSPS) is 14.2.